The number of ether oxygens (including phenoxy) is 1. The van der Waals surface area contributed by atoms with E-state index in [-0.39, 0.29) is 0 Å². The van der Waals surface area contributed by atoms with Crippen molar-refractivity contribution >= 4 is 17.8 Å². The molecule has 0 saturated heterocycles. The van der Waals surface area contributed by atoms with Crippen molar-refractivity contribution < 1.29 is 4.74 Å². The normalized spacial score (nSPS) is 11.0. The Balaban J connectivity index is 1.54. The molecule has 1 aromatic heterocycles. The van der Waals surface area contributed by atoms with Gasteiger partial charge in [-0.1, -0.05) is 54.1 Å². The molecule has 4 aromatic rings. The monoisotopic (exact) mass is 374 g/mol. The van der Waals surface area contributed by atoms with Gasteiger partial charge in [-0.3, -0.25) is 0 Å². The lowest BCUT2D eigenvalue weighted by Gasteiger charge is -2.06. The van der Waals surface area contributed by atoms with E-state index in [4.69, 9.17) is 16.3 Å². The maximum Gasteiger partial charge on any atom is 0.184 e. The molecule has 0 N–H and O–H groups in total. The molecule has 0 amide bonds. The van der Waals surface area contributed by atoms with Crippen LogP contribution in [0.1, 0.15) is 5.56 Å². The Kier molecular flexibility index (Phi) is 4.94. The molecule has 5 nitrogen and oxygen atoms in total. The van der Waals surface area contributed by atoms with Gasteiger partial charge in [-0.25, -0.2) is 0 Å². The van der Waals surface area contributed by atoms with Crippen LogP contribution in [0.5, 0.6) is 11.5 Å². The summed E-state index contributed by atoms with van der Waals surface area (Å²) in [6, 6.07) is 24.7. The van der Waals surface area contributed by atoms with Gasteiger partial charge in [0.05, 0.1) is 6.21 Å². The third kappa shape index (κ3) is 4.22. The van der Waals surface area contributed by atoms with Crippen LogP contribution in [0.25, 0.3) is 11.4 Å². The number of aromatic nitrogens is 3. The second-order valence-electron chi connectivity index (χ2n) is 5.74. The Labute approximate surface area is 161 Å². The summed E-state index contributed by atoms with van der Waals surface area (Å²) in [6.45, 7) is 0. The summed E-state index contributed by atoms with van der Waals surface area (Å²) < 4.78 is 7.49. The Bertz CT molecular complexity index is 1060. The van der Waals surface area contributed by atoms with Gasteiger partial charge in [0.2, 0.25) is 0 Å². The van der Waals surface area contributed by atoms with Crippen molar-refractivity contribution in [2.24, 2.45) is 5.10 Å². The van der Waals surface area contributed by atoms with Crippen LogP contribution in [0.4, 0.5) is 0 Å². The van der Waals surface area contributed by atoms with Gasteiger partial charge in [0.15, 0.2) is 5.82 Å². The third-order valence-corrected chi connectivity index (χ3v) is 4.05. The van der Waals surface area contributed by atoms with E-state index < -0.39 is 0 Å². The predicted octanol–water partition coefficient (Wildman–Crippen LogP) is 5.27. The van der Waals surface area contributed by atoms with E-state index in [1.807, 2.05) is 66.7 Å². The van der Waals surface area contributed by atoms with Crippen molar-refractivity contribution in [2.45, 2.75) is 0 Å². The van der Waals surface area contributed by atoms with Gasteiger partial charge in [-0.2, -0.15) is 9.78 Å². The fourth-order valence-corrected chi connectivity index (χ4v) is 2.64. The highest BCUT2D eigenvalue weighted by molar-refractivity contribution is 6.30. The molecule has 0 saturated carbocycles. The number of hydrogen-bond acceptors (Lipinski definition) is 4. The Hall–Kier alpha value is -3.44. The van der Waals surface area contributed by atoms with Gasteiger partial charge in [-0.15, -0.1) is 10.2 Å². The van der Waals surface area contributed by atoms with Gasteiger partial charge in [0.25, 0.3) is 0 Å². The van der Waals surface area contributed by atoms with Crippen molar-refractivity contribution in [1.82, 2.24) is 14.9 Å². The summed E-state index contributed by atoms with van der Waals surface area (Å²) >= 11 is 5.90. The van der Waals surface area contributed by atoms with Gasteiger partial charge in [0, 0.05) is 10.6 Å². The zero-order valence-electron chi connectivity index (χ0n) is 14.2. The van der Waals surface area contributed by atoms with Crippen LogP contribution in [-0.2, 0) is 0 Å². The van der Waals surface area contributed by atoms with Crippen molar-refractivity contribution in [3.05, 3.63) is 95.8 Å². The van der Waals surface area contributed by atoms with E-state index in [1.165, 1.54) is 0 Å². The van der Waals surface area contributed by atoms with Gasteiger partial charge in [0.1, 0.15) is 17.8 Å². The minimum Gasteiger partial charge on any atom is -0.457 e. The molecular formula is C21H15ClN4O. The Morgan fingerprint density at radius 1 is 0.889 bits per heavy atom. The predicted molar refractivity (Wildman–Crippen MR) is 106 cm³/mol. The van der Waals surface area contributed by atoms with Gasteiger partial charge >= 0.3 is 0 Å². The highest BCUT2D eigenvalue weighted by Gasteiger charge is 2.05. The molecule has 0 fully saturated rings. The Morgan fingerprint density at radius 2 is 1.70 bits per heavy atom. The first kappa shape index (κ1) is 17.0. The van der Waals surface area contributed by atoms with Crippen molar-refractivity contribution in [1.29, 1.82) is 0 Å². The van der Waals surface area contributed by atoms with E-state index in [2.05, 4.69) is 15.3 Å². The molecular weight excluding hydrogens is 360 g/mol. The van der Waals surface area contributed by atoms with Crippen LogP contribution < -0.4 is 4.74 Å². The number of halogens is 1. The zero-order chi connectivity index (χ0) is 18.5. The summed E-state index contributed by atoms with van der Waals surface area (Å²) in [5.41, 5.74) is 1.85. The molecule has 0 aliphatic rings. The standard InChI is InChI=1S/C21H15ClN4O/c22-18-9-11-19(12-10-18)27-20-8-4-5-16(13-20)14-24-26-15-23-25-21(26)17-6-2-1-3-7-17/h1-15H/b24-14-. The average Bonchev–Trinajstić information content (AvgIpc) is 3.18. The molecule has 6 heteroatoms. The largest absolute Gasteiger partial charge is 0.457 e. The molecule has 0 bridgehead atoms. The lowest BCUT2D eigenvalue weighted by atomic mass is 10.2. The lowest BCUT2D eigenvalue weighted by Crippen LogP contribution is -1.94. The number of nitrogens with zero attached hydrogens (tertiary/aromatic N) is 4. The molecule has 132 valence electrons. The number of benzene rings is 3. The molecule has 27 heavy (non-hydrogen) atoms. The summed E-state index contributed by atoms with van der Waals surface area (Å²) in [5, 5.41) is 13.2. The SMILES string of the molecule is Clc1ccc(Oc2cccc(/C=N\n3cnnc3-c3ccccc3)c2)cc1. The van der Waals surface area contributed by atoms with Crippen LogP contribution in [0, 0.1) is 0 Å². The maximum absolute atomic E-state index is 5.90. The maximum atomic E-state index is 5.90. The van der Waals surface area contributed by atoms with Gasteiger partial charge in [-0.05, 0) is 42.0 Å². The molecule has 0 spiro atoms. The van der Waals surface area contributed by atoms with Crippen LogP contribution in [-0.4, -0.2) is 21.1 Å². The second-order valence-corrected chi connectivity index (χ2v) is 6.17. The summed E-state index contributed by atoms with van der Waals surface area (Å²) in [7, 11) is 0. The minimum atomic E-state index is 0.673. The van der Waals surface area contributed by atoms with Crippen LogP contribution in [0.15, 0.2) is 90.3 Å². The first-order valence-corrected chi connectivity index (χ1v) is 8.69. The minimum absolute atomic E-state index is 0.673. The highest BCUT2D eigenvalue weighted by atomic mass is 35.5. The topological polar surface area (TPSA) is 52.3 Å². The van der Waals surface area contributed by atoms with Crippen molar-refractivity contribution in [3.8, 4) is 22.9 Å². The first-order valence-electron chi connectivity index (χ1n) is 8.31. The average molecular weight is 375 g/mol. The molecule has 3 aromatic carbocycles. The molecule has 0 atom stereocenters. The van der Waals surface area contributed by atoms with E-state index in [9.17, 15) is 0 Å². The second kappa shape index (κ2) is 7.85. The summed E-state index contributed by atoms with van der Waals surface area (Å²) in [5.74, 6) is 2.12. The van der Waals surface area contributed by atoms with Crippen molar-refractivity contribution in [2.75, 3.05) is 0 Å². The quantitative estimate of drug-likeness (QED) is 0.447. The van der Waals surface area contributed by atoms with Crippen LogP contribution in [0.3, 0.4) is 0 Å². The number of hydrogen-bond donors (Lipinski definition) is 0. The van der Waals surface area contributed by atoms with Crippen molar-refractivity contribution in [3.63, 3.8) is 0 Å². The zero-order valence-corrected chi connectivity index (χ0v) is 15.0. The van der Waals surface area contributed by atoms with Gasteiger partial charge < -0.3 is 4.74 Å². The highest BCUT2D eigenvalue weighted by Crippen LogP contribution is 2.23. The molecule has 0 aliphatic carbocycles. The lowest BCUT2D eigenvalue weighted by molar-refractivity contribution is 0.482. The van der Waals surface area contributed by atoms with E-state index >= 15 is 0 Å². The summed E-state index contributed by atoms with van der Waals surface area (Å²) in [6.07, 6.45) is 3.32. The molecule has 0 aliphatic heterocycles. The first-order chi connectivity index (χ1) is 13.3. The van der Waals surface area contributed by atoms with E-state index in [1.54, 1.807) is 29.4 Å². The smallest absolute Gasteiger partial charge is 0.184 e. The molecule has 1 heterocycles. The molecule has 0 unspecified atom stereocenters. The van der Waals surface area contributed by atoms with Crippen LogP contribution >= 0.6 is 11.6 Å². The summed E-state index contributed by atoms with van der Waals surface area (Å²) in [4.78, 5) is 0. The molecule has 0 radical (unpaired) electrons. The fourth-order valence-electron chi connectivity index (χ4n) is 2.52. The fraction of sp³-hybridized carbons (Fsp3) is 0. The third-order valence-electron chi connectivity index (χ3n) is 3.80. The van der Waals surface area contributed by atoms with E-state index in [0.29, 0.717) is 16.6 Å². The van der Waals surface area contributed by atoms with Crippen LogP contribution in [0.2, 0.25) is 5.02 Å². The number of rotatable bonds is 5. The Morgan fingerprint density at radius 3 is 2.52 bits per heavy atom. The molecule has 4 rings (SSSR count). The van der Waals surface area contributed by atoms with E-state index in [0.717, 1.165) is 16.9 Å².